The van der Waals surface area contributed by atoms with E-state index in [4.69, 9.17) is 0 Å². The molecule has 4 aliphatic rings. The Labute approximate surface area is 164 Å². The monoisotopic (exact) mass is 374 g/mol. The van der Waals surface area contributed by atoms with Gasteiger partial charge in [0, 0.05) is 35.9 Å². The number of piperidine rings is 1. The van der Waals surface area contributed by atoms with Crippen molar-refractivity contribution in [1.82, 2.24) is 10.6 Å². The van der Waals surface area contributed by atoms with Crippen molar-refractivity contribution in [2.75, 3.05) is 6.54 Å². The van der Waals surface area contributed by atoms with Gasteiger partial charge in [-0.25, -0.2) is 0 Å². The maximum atomic E-state index is 13.0. The third-order valence-electron chi connectivity index (χ3n) is 8.88. The van der Waals surface area contributed by atoms with E-state index in [0.717, 1.165) is 38.6 Å². The second-order valence-corrected chi connectivity index (χ2v) is 11.3. The first-order valence-corrected chi connectivity index (χ1v) is 11.2. The summed E-state index contributed by atoms with van der Waals surface area (Å²) in [7, 11) is 0. The van der Waals surface area contributed by atoms with Crippen molar-refractivity contribution >= 4 is 11.7 Å². The fourth-order valence-electron chi connectivity index (χ4n) is 7.58. The number of amides is 1. The first-order valence-electron chi connectivity index (χ1n) is 11.2. The highest BCUT2D eigenvalue weighted by atomic mass is 16.2. The number of hydrogen-bond acceptors (Lipinski definition) is 3. The number of nitrogens with one attached hydrogen (secondary N) is 2. The van der Waals surface area contributed by atoms with Gasteiger partial charge in [-0.05, 0) is 82.5 Å². The van der Waals surface area contributed by atoms with Crippen molar-refractivity contribution in [3.63, 3.8) is 0 Å². The van der Waals surface area contributed by atoms with Crippen LogP contribution in [0.2, 0.25) is 0 Å². The minimum atomic E-state index is -0.186. The highest BCUT2D eigenvalue weighted by Gasteiger charge is 2.62. The number of carbonyl (C=O) groups is 2. The van der Waals surface area contributed by atoms with E-state index in [1.807, 2.05) is 0 Å². The maximum Gasteiger partial charge on any atom is 0.224 e. The number of hydrogen-bond donors (Lipinski definition) is 2. The molecule has 0 aromatic rings. The number of Topliss-reactive ketones (excluding diaryl/α,β-unsaturated/α-hetero) is 1. The molecule has 3 aliphatic carbocycles. The number of rotatable bonds is 1. The normalized spacial score (nSPS) is 47.0. The van der Waals surface area contributed by atoms with Crippen molar-refractivity contribution in [3.05, 3.63) is 0 Å². The third-order valence-corrected chi connectivity index (χ3v) is 8.88. The van der Waals surface area contributed by atoms with Crippen molar-refractivity contribution in [1.29, 1.82) is 0 Å². The van der Waals surface area contributed by atoms with E-state index < -0.39 is 0 Å². The molecule has 4 nitrogen and oxygen atoms in total. The van der Waals surface area contributed by atoms with E-state index in [1.165, 1.54) is 6.42 Å². The van der Waals surface area contributed by atoms with Gasteiger partial charge in [-0.15, -0.1) is 0 Å². The van der Waals surface area contributed by atoms with Crippen molar-refractivity contribution in [2.24, 2.45) is 34.5 Å². The molecular weight excluding hydrogens is 336 g/mol. The number of fused-ring (bicyclic) bond motifs is 5. The summed E-state index contributed by atoms with van der Waals surface area (Å²) in [5.74, 6) is 2.58. The summed E-state index contributed by atoms with van der Waals surface area (Å²) < 4.78 is 0. The Balaban J connectivity index is 1.59. The molecule has 0 spiro atoms. The van der Waals surface area contributed by atoms with E-state index in [9.17, 15) is 9.59 Å². The molecule has 0 aromatic heterocycles. The lowest BCUT2D eigenvalue weighted by Gasteiger charge is -2.59. The van der Waals surface area contributed by atoms with Crippen LogP contribution in [-0.2, 0) is 9.59 Å². The fraction of sp³-hybridized carbons (Fsp3) is 0.913. The Morgan fingerprint density at radius 1 is 1.07 bits per heavy atom. The fourth-order valence-corrected chi connectivity index (χ4v) is 7.58. The van der Waals surface area contributed by atoms with Gasteiger partial charge in [0.15, 0.2) is 0 Å². The first kappa shape index (κ1) is 19.4. The Hall–Kier alpha value is -0.900. The van der Waals surface area contributed by atoms with Gasteiger partial charge in [-0.2, -0.15) is 0 Å². The van der Waals surface area contributed by atoms with Crippen LogP contribution in [0.15, 0.2) is 0 Å². The average Bonchev–Trinajstić information content (AvgIpc) is 2.92. The summed E-state index contributed by atoms with van der Waals surface area (Å²) in [5, 5.41) is 6.91. The van der Waals surface area contributed by atoms with Crippen molar-refractivity contribution in [2.45, 2.75) is 91.1 Å². The highest BCUT2D eigenvalue weighted by Crippen LogP contribution is 2.65. The van der Waals surface area contributed by atoms with E-state index in [2.05, 4.69) is 45.3 Å². The topological polar surface area (TPSA) is 58.2 Å². The van der Waals surface area contributed by atoms with Crippen LogP contribution >= 0.6 is 0 Å². The van der Waals surface area contributed by atoms with E-state index in [0.29, 0.717) is 36.0 Å². The number of ketones is 1. The highest BCUT2D eigenvalue weighted by molar-refractivity contribution is 5.87. The molecule has 2 unspecified atom stereocenters. The SMILES string of the molecule is CC(C)(C)NC(=O)C1CC[C@H]2[C@@H]3CCC4NCCC(=O)[C@]4(C)[C@@H]3CC[C@]12C. The predicted octanol–water partition coefficient (Wildman–Crippen LogP) is 3.69. The lowest BCUT2D eigenvalue weighted by atomic mass is 9.47. The van der Waals surface area contributed by atoms with Gasteiger partial charge in [0.2, 0.25) is 5.91 Å². The Morgan fingerprint density at radius 2 is 1.81 bits per heavy atom. The number of carbonyl (C=O) groups excluding carboxylic acids is 2. The van der Waals surface area contributed by atoms with Crippen LogP contribution in [0.1, 0.15) is 79.6 Å². The summed E-state index contributed by atoms with van der Waals surface area (Å²) in [6.07, 6.45) is 7.40. The average molecular weight is 375 g/mol. The van der Waals surface area contributed by atoms with Gasteiger partial charge in [-0.3, -0.25) is 9.59 Å². The second-order valence-electron chi connectivity index (χ2n) is 11.3. The molecule has 1 amide bonds. The molecule has 7 atom stereocenters. The smallest absolute Gasteiger partial charge is 0.224 e. The largest absolute Gasteiger partial charge is 0.351 e. The Bertz CT molecular complexity index is 639. The molecule has 152 valence electrons. The van der Waals surface area contributed by atoms with Crippen LogP contribution in [-0.4, -0.2) is 29.8 Å². The molecule has 3 saturated carbocycles. The van der Waals surface area contributed by atoms with Crippen molar-refractivity contribution in [3.8, 4) is 0 Å². The zero-order chi connectivity index (χ0) is 19.6. The molecule has 4 fully saturated rings. The van der Waals surface area contributed by atoms with E-state index >= 15 is 0 Å². The molecule has 4 rings (SSSR count). The van der Waals surface area contributed by atoms with Gasteiger partial charge in [0.25, 0.3) is 0 Å². The molecule has 0 radical (unpaired) electrons. The Kier molecular flexibility index (Phi) is 4.53. The van der Waals surface area contributed by atoms with Gasteiger partial charge < -0.3 is 10.6 Å². The van der Waals surface area contributed by atoms with Gasteiger partial charge >= 0.3 is 0 Å². The summed E-state index contributed by atoms with van der Waals surface area (Å²) in [6.45, 7) is 11.7. The van der Waals surface area contributed by atoms with Crippen LogP contribution in [0.5, 0.6) is 0 Å². The van der Waals surface area contributed by atoms with Crippen LogP contribution in [0, 0.1) is 34.5 Å². The zero-order valence-electron chi connectivity index (χ0n) is 17.9. The second kappa shape index (κ2) is 6.30. The van der Waals surface area contributed by atoms with Crippen LogP contribution in [0.25, 0.3) is 0 Å². The molecule has 0 bridgehead atoms. The van der Waals surface area contributed by atoms with Gasteiger partial charge in [0.05, 0.1) is 0 Å². The minimum Gasteiger partial charge on any atom is -0.351 e. The van der Waals surface area contributed by atoms with E-state index in [1.54, 1.807) is 0 Å². The molecule has 1 saturated heterocycles. The zero-order valence-corrected chi connectivity index (χ0v) is 17.9. The molecule has 2 N–H and O–H groups in total. The maximum absolute atomic E-state index is 13.0. The molecule has 1 heterocycles. The summed E-state index contributed by atoms with van der Waals surface area (Å²) in [6, 6.07) is 0.366. The molecule has 1 aliphatic heterocycles. The van der Waals surface area contributed by atoms with Crippen molar-refractivity contribution < 1.29 is 9.59 Å². The lowest BCUT2D eigenvalue weighted by Crippen LogP contribution is -2.63. The molecular formula is C23H38N2O2. The lowest BCUT2D eigenvalue weighted by molar-refractivity contribution is -0.152. The summed E-state index contributed by atoms with van der Waals surface area (Å²) in [5.41, 5.74) is -0.256. The van der Waals surface area contributed by atoms with E-state index in [-0.39, 0.29) is 28.2 Å². The predicted molar refractivity (Wildman–Crippen MR) is 107 cm³/mol. The standard InChI is InChI=1S/C23H38N2O2/c1-21(2,3)25-20(27)17-8-7-15-14-6-9-18-23(5,19(26)11-13-24-18)16(14)10-12-22(15,17)4/h14-18,24H,6-13H2,1-5H3,(H,25,27)/t14-,15-,16+,17?,18?,22-,23+/m0/s1. The quantitative estimate of drug-likeness (QED) is 0.736. The van der Waals surface area contributed by atoms with Crippen LogP contribution in [0.3, 0.4) is 0 Å². The van der Waals surface area contributed by atoms with Gasteiger partial charge in [-0.1, -0.05) is 13.8 Å². The summed E-state index contributed by atoms with van der Waals surface area (Å²) in [4.78, 5) is 26.1. The molecule has 27 heavy (non-hydrogen) atoms. The van der Waals surface area contributed by atoms with Gasteiger partial charge in [0.1, 0.15) is 5.78 Å². The Morgan fingerprint density at radius 3 is 2.52 bits per heavy atom. The first-order chi connectivity index (χ1) is 12.6. The molecule has 4 heteroatoms. The van der Waals surface area contributed by atoms with Crippen LogP contribution in [0.4, 0.5) is 0 Å². The summed E-state index contributed by atoms with van der Waals surface area (Å²) >= 11 is 0. The van der Waals surface area contributed by atoms with Crippen LogP contribution < -0.4 is 10.6 Å². The third kappa shape index (κ3) is 2.89. The minimum absolute atomic E-state index is 0.102. The molecule has 0 aromatic carbocycles.